The van der Waals surface area contributed by atoms with Crippen molar-refractivity contribution in [1.82, 2.24) is 0 Å². The quantitative estimate of drug-likeness (QED) is 0.795. The number of esters is 1. The molecular weight excluding hydrogens is 282 g/mol. The van der Waals surface area contributed by atoms with Crippen LogP contribution in [0.1, 0.15) is 16.1 Å². The summed E-state index contributed by atoms with van der Waals surface area (Å²) in [5.74, 6) is -1.95. The predicted octanol–water partition coefficient (Wildman–Crippen LogP) is 3.20. The summed E-state index contributed by atoms with van der Waals surface area (Å²) in [6.45, 7) is 0.408. The normalized spacial score (nSPS) is 10.7. The first kappa shape index (κ1) is 15.2. The minimum atomic E-state index is -1.02. The molecule has 0 saturated heterocycles. The summed E-state index contributed by atoms with van der Waals surface area (Å²) in [6.07, 6.45) is 0.449. The van der Waals surface area contributed by atoms with E-state index in [-0.39, 0.29) is 16.9 Å². The van der Waals surface area contributed by atoms with Crippen molar-refractivity contribution < 1.29 is 27.5 Å². The van der Waals surface area contributed by atoms with E-state index in [1.807, 2.05) is 0 Å². The minimum absolute atomic E-state index is 0.145. The first-order chi connectivity index (χ1) is 10.1. The second-order valence-corrected chi connectivity index (χ2v) is 4.32. The van der Waals surface area contributed by atoms with Crippen LogP contribution in [0, 0.1) is 11.6 Å². The van der Waals surface area contributed by atoms with Crippen LogP contribution < -0.4 is 0 Å². The molecule has 0 aliphatic carbocycles. The van der Waals surface area contributed by atoms with Gasteiger partial charge in [-0.05, 0) is 24.3 Å². The van der Waals surface area contributed by atoms with Crippen LogP contribution in [-0.2, 0) is 15.9 Å². The van der Waals surface area contributed by atoms with Crippen molar-refractivity contribution in [2.24, 2.45) is 0 Å². The van der Waals surface area contributed by atoms with Gasteiger partial charge in [-0.2, -0.15) is 0 Å². The second kappa shape index (κ2) is 6.49. The summed E-state index contributed by atoms with van der Waals surface area (Å²) in [7, 11) is 2.78. The Morgan fingerprint density at radius 3 is 2.57 bits per heavy atom. The molecule has 0 bridgehead atoms. The molecule has 0 fully saturated rings. The van der Waals surface area contributed by atoms with Crippen molar-refractivity contribution in [1.29, 1.82) is 0 Å². The van der Waals surface area contributed by atoms with Crippen LogP contribution in [0.3, 0.4) is 0 Å². The van der Waals surface area contributed by atoms with Gasteiger partial charge < -0.3 is 13.9 Å². The van der Waals surface area contributed by atoms with Crippen molar-refractivity contribution in [3.05, 3.63) is 47.2 Å². The zero-order chi connectivity index (χ0) is 15.4. The highest BCUT2D eigenvalue weighted by Gasteiger charge is 2.20. The van der Waals surface area contributed by atoms with Gasteiger partial charge in [0.25, 0.3) is 0 Å². The molecule has 1 heterocycles. The van der Waals surface area contributed by atoms with Crippen LogP contribution in [0.25, 0.3) is 11.3 Å². The molecular formula is C15H14F2O4. The van der Waals surface area contributed by atoms with Gasteiger partial charge in [0, 0.05) is 19.1 Å². The third-order valence-electron chi connectivity index (χ3n) is 2.92. The molecule has 0 amide bonds. The van der Waals surface area contributed by atoms with Gasteiger partial charge in [-0.3, -0.25) is 0 Å². The highest BCUT2D eigenvalue weighted by atomic mass is 19.2. The first-order valence-electron chi connectivity index (χ1n) is 6.22. The summed E-state index contributed by atoms with van der Waals surface area (Å²) in [4.78, 5) is 11.8. The van der Waals surface area contributed by atoms with Crippen LogP contribution in [0.2, 0.25) is 0 Å². The summed E-state index contributed by atoms with van der Waals surface area (Å²) >= 11 is 0. The molecule has 0 spiro atoms. The molecule has 4 nitrogen and oxygen atoms in total. The van der Waals surface area contributed by atoms with Crippen molar-refractivity contribution in [3.63, 3.8) is 0 Å². The SMILES string of the molecule is COCCc1cc(C(=O)OC)c(-c2ccc(F)c(F)c2)o1. The van der Waals surface area contributed by atoms with Crippen molar-refractivity contribution in [2.45, 2.75) is 6.42 Å². The smallest absolute Gasteiger partial charge is 0.341 e. The fourth-order valence-corrected chi connectivity index (χ4v) is 1.88. The summed E-state index contributed by atoms with van der Waals surface area (Å²) in [5.41, 5.74) is 0.424. The molecule has 0 aliphatic heterocycles. The van der Waals surface area contributed by atoms with Crippen LogP contribution in [-0.4, -0.2) is 26.8 Å². The van der Waals surface area contributed by atoms with Gasteiger partial charge in [0.1, 0.15) is 17.1 Å². The number of carbonyl (C=O) groups excluding carboxylic acids is 1. The first-order valence-corrected chi connectivity index (χ1v) is 6.22. The number of carbonyl (C=O) groups is 1. The third kappa shape index (κ3) is 3.28. The largest absolute Gasteiger partial charge is 0.465 e. The van der Waals surface area contributed by atoms with Gasteiger partial charge in [-0.1, -0.05) is 0 Å². The van der Waals surface area contributed by atoms with Crippen LogP contribution in [0.15, 0.2) is 28.7 Å². The van der Waals surface area contributed by atoms with E-state index >= 15 is 0 Å². The number of methoxy groups -OCH3 is 2. The predicted molar refractivity (Wildman–Crippen MR) is 71.0 cm³/mol. The molecule has 0 saturated carbocycles. The molecule has 0 N–H and O–H groups in total. The summed E-state index contributed by atoms with van der Waals surface area (Å²) in [5, 5.41) is 0. The molecule has 0 unspecified atom stereocenters. The molecule has 0 radical (unpaired) electrons. The minimum Gasteiger partial charge on any atom is -0.465 e. The van der Waals surface area contributed by atoms with Gasteiger partial charge >= 0.3 is 5.97 Å². The lowest BCUT2D eigenvalue weighted by Gasteiger charge is -2.02. The van der Waals surface area contributed by atoms with Gasteiger partial charge in [-0.25, -0.2) is 13.6 Å². The molecule has 21 heavy (non-hydrogen) atoms. The Morgan fingerprint density at radius 2 is 1.95 bits per heavy atom. The lowest BCUT2D eigenvalue weighted by Crippen LogP contribution is -2.01. The Morgan fingerprint density at radius 1 is 1.19 bits per heavy atom. The van der Waals surface area contributed by atoms with Gasteiger partial charge in [0.2, 0.25) is 0 Å². The highest BCUT2D eigenvalue weighted by Crippen LogP contribution is 2.29. The fraction of sp³-hybridized carbons (Fsp3) is 0.267. The van der Waals surface area contributed by atoms with Gasteiger partial charge in [0.15, 0.2) is 11.6 Å². The average molecular weight is 296 g/mol. The number of furan rings is 1. The Kier molecular flexibility index (Phi) is 4.70. The Labute approximate surface area is 120 Å². The maximum Gasteiger partial charge on any atom is 0.341 e. The van der Waals surface area contributed by atoms with E-state index in [0.29, 0.717) is 18.8 Å². The van der Waals surface area contributed by atoms with E-state index in [2.05, 4.69) is 4.74 Å². The standard InChI is InChI=1S/C15H14F2O4/c1-19-6-5-10-8-11(15(18)20-2)14(21-10)9-3-4-12(16)13(17)7-9/h3-4,7-8H,5-6H2,1-2H3. The average Bonchev–Trinajstić information content (AvgIpc) is 2.91. The van der Waals surface area contributed by atoms with E-state index in [1.54, 1.807) is 7.11 Å². The maximum absolute atomic E-state index is 13.3. The molecule has 2 rings (SSSR count). The van der Waals surface area contributed by atoms with Gasteiger partial charge in [-0.15, -0.1) is 0 Å². The molecule has 0 atom stereocenters. The maximum atomic E-state index is 13.3. The zero-order valence-corrected chi connectivity index (χ0v) is 11.6. The van der Waals surface area contributed by atoms with E-state index in [4.69, 9.17) is 9.15 Å². The van der Waals surface area contributed by atoms with E-state index in [1.165, 1.54) is 19.2 Å². The topological polar surface area (TPSA) is 48.7 Å². The lowest BCUT2D eigenvalue weighted by atomic mass is 10.1. The number of rotatable bonds is 5. The monoisotopic (exact) mass is 296 g/mol. The summed E-state index contributed by atoms with van der Waals surface area (Å²) in [6, 6.07) is 4.80. The van der Waals surface area contributed by atoms with Crippen LogP contribution in [0.4, 0.5) is 8.78 Å². The Bertz CT molecular complexity index is 649. The highest BCUT2D eigenvalue weighted by molar-refractivity contribution is 5.96. The number of ether oxygens (including phenoxy) is 2. The third-order valence-corrected chi connectivity index (χ3v) is 2.92. The number of hydrogen-bond donors (Lipinski definition) is 0. The number of hydrogen-bond acceptors (Lipinski definition) is 4. The van der Waals surface area contributed by atoms with Crippen molar-refractivity contribution >= 4 is 5.97 Å². The van der Waals surface area contributed by atoms with E-state index in [0.717, 1.165) is 12.1 Å². The number of halogens is 2. The molecule has 112 valence electrons. The zero-order valence-electron chi connectivity index (χ0n) is 11.6. The molecule has 1 aromatic heterocycles. The molecule has 0 aliphatic rings. The second-order valence-electron chi connectivity index (χ2n) is 4.32. The number of benzene rings is 1. The fourth-order valence-electron chi connectivity index (χ4n) is 1.88. The molecule has 2 aromatic rings. The molecule has 1 aromatic carbocycles. The summed E-state index contributed by atoms with van der Waals surface area (Å²) < 4.78 is 41.5. The Hall–Kier alpha value is -2.21. The molecule has 6 heteroatoms. The van der Waals surface area contributed by atoms with E-state index in [9.17, 15) is 13.6 Å². The van der Waals surface area contributed by atoms with Gasteiger partial charge in [0.05, 0.1) is 13.7 Å². The van der Waals surface area contributed by atoms with Crippen LogP contribution in [0.5, 0.6) is 0 Å². The van der Waals surface area contributed by atoms with Crippen molar-refractivity contribution in [2.75, 3.05) is 20.8 Å². The van der Waals surface area contributed by atoms with Crippen molar-refractivity contribution in [3.8, 4) is 11.3 Å². The van der Waals surface area contributed by atoms with Crippen LogP contribution >= 0.6 is 0 Å². The Balaban J connectivity index is 2.46. The van der Waals surface area contributed by atoms with E-state index < -0.39 is 17.6 Å². The lowest BCUT2D eigenvalue weighted by molar-refractivity contribution is 0.0601.